The Bertz CT molecular complexity index is 1000. The molecule has 3 rings (SSSR count). The molecule has 0 saturated carbocycles. The first kappa shape index (κ1) is 25.0. The van der Waals surface area contributed by atoms with E-state index in [4.69, 9.17) is 28.4 Å². The fourth-order valence-electron chi connectivity index (χ4n) is 3.70. The van der Waals surface area contributed by atoms with Gasteiger partial charge in [0.2, 0.25) is 17.6 Å². The second-order valence-electron chi connectivity index (χ2n) is 7.49. The van der Waals surface area contributed by atoms with Crippen molar-refractivity contribution in [3.05, 3.63) is 30.3 Å². The van der Waals surface area contributed by atoms with E-state index in [2.05, 4.69) is 5.32 Å². The molecule has 0 aliphatic carbocycles. The van der Waals surface area contributed by atoms with Crippen LogP contribution in [0, 0.1) is 5.92 Å². The van der Waals surface area contributed by atoms with E-state index >= 15 is 0 Å². The predicted molar refractivity (Wildman–Crippen MR) is 126 cm³/mol. The van der Waals surface area contributed by atoms with E-state index in [1.807, 2.05) is 0 Å². The van der Waals surface area contributed by atoms with Gasteiger partial charge in [0.25, 0.3) is 0 Å². The van der Waals surface area contributed by atoms with Gasteiger partial charge in [-0.1, -0.05) is 0 Å². The summed E-state index contributed by atoms with van der Waals surface area (Å²) in [7, 11) is 7.64. The molecule has 0 aromatic heterocycles. The van der Waals surface area contributed by atoms with Gasteiger partial charge in [0, 0.05) is 44.0 Å². The maximum atomic E-state index is 13.0. The van der Waals surface area contributed by atoms with Crippen LogP contribution in [0.4, 0.5) is 11.4 Å². The third kappa shape index (κ3) is 5.45. The molecule has 1 fully saturated rings. The van der Waals surface area contributed by atoms with Crippen molar-refractivity contribution in [3.63, 3.8) is 0 Å². The molecule has 1 unspecified atom stereocenters. The molecule has 0 radical (unpaired) electrons. The predicted octanol–water partition coefficient (Wildman–Crippen LogP) is 2.74. The molecule has 10 heteroatoms. The van der Waals surface area contributed by atoms with Crippen molar-refractivity contribution in [2.75, 3.05) is 65.5 Å². The highest BCUT2D eigenvalue weighted by molar-refractivity contribution is 6.03. The summed E-state index contributed by atoms with van der Waals surface area (Å²) in [6.07, 6.45) is 0.0792. The zero-order valence-electron chi connectivity index (χ0n) is 20.0. The summed E-state index contributed by atoms with van der Waals surface area (Å²) in [4.78, 5) is 27.3. The van der Waals surface area contributed by atoms with E-state index in [-0.39, 0.29) is 24.8 Å². The van der Waals surface area contributed by atoms with Crippen LogP contribution in [0.15, 0.2) is 30.3 Å². The van der Waals surface area contributed by atoms with Gasteiger partial charge in [-0.25, -0.2) is 0 Å². The Labute approximate surface area is 198 Å². The Hall–Kier alpha value is -3.66. The third-order valence-corrected chi connectivity index (χ3v) is 5.43. The van der Waals surface area contributed by atoms with Crippen molar-refractivity contribution in [1.29, 1.82) is 0 Å². The Kier molecular flexibility index (Phi) is 8.42. The van der Waals surface area contributed by atoms with E-state index in [1.54, 1.807) is 49.5 Å². The monoisotopic (exact) mass is 474 g/mol. The van der Waals surface area contributed by atoms with Crippen molar-refractivity contribution in [1.82, 2.24) is 0 Å². The molecule has 10 nitrogen and oxygen atoms in total. The lowest BCUT2D eigenvalue weighted by molar-refractivity contribution is -0.122. The fourth-order valence-corrected chi connectivity index (χ4v) is 3.70. The Balaban J connectivity index is 1.74. The number of nitrogens with one attached hydrogen (secondary N) is 1. The van der Waals surface area contributed by atoms with Crippen LogP contribution >= 0.6 is 0 Å². The standard InChI is InChI=1S/C24H30N2O8/c1-29-8-9-34-19-11-16(6-7-18(19)30-2)25-24(28)15-10-22(27)26(14-15)17-12-20(31-3)23(33-5)21(13-17)32-4/h6-7,11-13,15H,8-10,14H2,1-5H3,(H,25,28). The van der Waals surface area contributed by atoms with E-state index < -0.39 is 5.92 Å². The van der Waals surface area contributed by atoms with E-state index in [1.165, 1.54) is 21.3 Å². The van der Waals surface area contributed by atoms with Gasteiger partial charge >= 0.3 is 0 Å². The van der Waals surface area contributed by atoms with E-state index in [0.29, 0.717) is 53.3 Å². The van der Waals surface area contributed by atoms with Crippen LogP contribution in [0.5, 0.6) is 28.7 Å². The number of rotatable bonds is 11. The van der Waals surface area contributed by atoms with Crippen LogP contribution < -0.4 is 33.9 Å². The molecule has 0 spiro atoms. The minimum Gasteiger partial charge on any atom is -0.493 e. The van der Waals surface area contributed by atoms with Crippen molar-refractivity contribution in [3.8, 4) is 28.7 Å². The molecule has 1 saturated heterocycles. The number of hydrogen-bond donors (Lipinski definition) is 1. The van der Waals surface area contributed by atoms with Gasteiger partial charge in [0.15, 0.2) is 23.0 Å². The molecule has 2 aromatic carbocycles. The van der Waals surface area contributed by atoms with E-state index in [0.717, 1.165) is 0 Å². The summed E-state index contributed by atoms with van der Waals surface area (Å²) >= 11 is 0. The van der Waals surface area contributed by atoms with Crippen LogP contribution in [0.25, 0.3) is 0 Å². The molecule has 1 heterocycles. The SMILES string of the molecule is COCCOc1cc(NC(=O)C2CC(=O)N(c3cc(OC)c(OC)c(OC)c3)C2)ccc1OC. The smallest absolute Gasteiger partial charge is 0.229 e. The summed E-state index contributed by atoms with van der Waals surface area (Å²) < 4.78 is 32.1. The molecule has 1 aliphatic rings. The number of methoxy groups -OCH3 is 5. The zero-order valence-corrected chi connectivity index (χ0v) is 20.0. The molecular weight excluding hydrogens is 444 g/mol. The van der Waals surface area contributed by atoms with Crippen molar-refractivity contribution in [2.24, 2.45) is 5.92 Å². The second kappa shape index (κ2) is 11.5. The Morgan fingerprint density at radius 2 is 1.59 bits per heavy atom. The fraction of sp³-hybridized carbons (Fsp3) is 0.417. The molecule has 2 amide bonds. The lowest BCUT2D eigenvalue weighted by Gasteiger charge is -2.20. The molecule has 1 aliphatic heterocycles. The minimum absolute atomic E-state index is 0.0792. The normalized spacial score (nSPS) is 15.1. The largest absolute Gasteiger partial charge is 0.493 e. The molecule has 1 atom stereocenters. The first-order valence-electron chi connectivity index (χ1n) is 10.7. The lowest BCUT2D eigenvalue weighted by Crippen LogP contribution is -2.28. The maximum absolute atomic E-state index is 13.0. The average molecular weight is 475 g/mol. The number of carbonyl (C=O) groups excluding carboxylic acids is 2. The van der Waals surface area contributed by atoms with Crippen molar-refractivity contribution >= 4 is 23.2 Å². The highest BCUT2D eigenvalue weighted by atomic mass is 16.5. The second-order valence-corrected chi connectivity index (χ2v) is 7.49. The number of anilines is 2. The van der Waals surface area contributed by atoms with Gasteiger partial charge < -0.3 is 38.6 Å². The number of hydrogen-bond acceptors (Lipinski definition) is 8. The third-order valence-electron chi connectivity index (χ3n) is 5.43. The van der Waals surface area contributed by atoms with Crippen molar-refractivity contribution in [2.45, 2.75) is 6.42 Å². The molecule has 0 bridgehead atoms. The first-order chi connectivity index (χ1) is 16.4. The van der Waals surface area contributed by atoms with Crippen molar-refractivity contribution < 1.29 is 38.0 Å². The zero-order chi connectivity index (χ0) is 24.7. The van der Waals surface area contributed by atoms with Crippen LogP contribution in [-0.4, -0.2) is 67.1 Å². The lowest BCUT2D eigenvalue weighted by atomic mass is 10.1. The molecule has 184 valence electrons. The highest BCUT2D eigenvalue weighted by Gasteiger charge is 2.36. The van der Waals surface area contributed by atoms with E-state index in [9.17, 15) is 9.59 Å². The Morgan fingerprint density at radius 1 is 0.912 bits per heavy atom. The van der Waals surface area contributed by atoms with Crippen LogP contribution in [0.2, 0.25) is 0 Å². The van der Waals surface area contributed by atoms with Gasteiger partial charge in [-0.2, -0.15) is 0 Å². The number of benzene rings is 2. The summed E-state index contributed by atoms with van der Waals surface area (Å²) in [6.45, 7) is 0.975. The number of amides is 2. The van der Waals surface area contributed by atoms with Gasteiger partial charge in [0.05, 0.1) is 46.7 Å². The van der Waals surface area contributed by atoms with Crippen LogP contribution in [-0.2, 0) is 14.3 Å². The topological polar surface area (TPSA) is 105 Å². The van der Waals surface area contributed by atoms with Gasteiger partial charge in [-0.3, -0.25) is 9.59 Å². The Morgan fingerprint density at radius 3 is 2.18 bits per heavy atom. The average Bonchev–Trinajstić information content (AvgIpc) is 3.25. The molecular formula is C24H30N2O8. The van der Waals surface area contributed by atoms with Gasteiger partial charge in [-0.15, -0.1) is 0 Å². The minimum atomic E-state index is -0.536. The summed E-state index contributed by atoms with van der Waals surface area (Å²) in [5, 5.41) is 2.87. The molecule has 34 heavy (non-hydrogen) atoms. The molecule has 2 aromatic rings. The molecule has 1 N–H and O–H groups in total. The van der Waals surface area contributed by atoms with Gasteiger partial charge in [0.1, 0.15) is 6.61 Å². The number of nitrogens with zero attached hydrogens (tertiary/aromatic N) is 1. The van der Waals surface area contributed by atoms with Gasteiger partial charge in [-0.05, 0) is 12.1 Å². The quantitative estimate of drug-likeness (QED) is 0.496. The number of carbonyl (C=O) groups is 2. The number of ether oxygens (including phenoxy) is 6. The highest BCUT2D eigenvalue weighted by Crippen LogP contribution is 2.42. The summed E-state index contributed by atoms with van der Waals surface area (Å²) in [6, 6.07) is 8.48. The first-order valence-corrected chi connectivity index (χ1v) is 10.7. The summed E-state index contributed by atoms with van der Waals surface area (Å²) in [5.41, 5.74) is 1.10. The summed E-state index contributed by atoms with van der Waals surface area (Å²) in [5.74, 6) is 1.33. The maximum Gasteiger partial charge on any atom is 0.229 e. The van der Waals surface area contributed by atoms with Crippen LogP contribution in [0.3, 0.4) is 0 Å². The van der Waals surface area contributed by atoms with Crippen LogP contribution in [0.1, 0.15) is 6.42 Å².